The summed E-state index contributed by atoms with van der Waals surface area (Å²) in [6, 6.07) is 46.1. The van der Waals surface area contributed by atoms with Crippen LogP contribution in [0, 0.1) is 31.8 Å². The van der Waals surface area contributed by atoms with Crippen molar-refractivity contribution in [1.29, 1.82) is 0 Å². The Morgan fingerprint density at radius 3 is 2.19 bits per heavy atom. The van der Waals surface area contributed by atoms with E-state index in [-0.39, 0.29) is 25.9 Å². The van der Waals surface area contributed by atoms with Crippen molar-refractivity contribution in [2.45, 2.75) is 43.9 Å². The standard InChI is InChI=1S/C33H25FNS.C14H16GeN.Ir/c1-20-6-4-7-21(2)32(20)25-12-15-27-28-8-5-9-29(33(28)36-31(27)19-25)30-18-24(16-17-35-30)22(3)23-10-13-26(34)14-11-23;1-15(2,3)13-9-10-14(16-11-13)12-7-5-4-6-8-12;/h4-8,10-19,22H,1-3H3;4-7,9-11H,1-3H3;/q2*-1;/i22D;;. The average molecular weight is 951 g/mol. The van der Waals surface area contributed by atoms with Gasteiger partial charge in [-0.15, -0.1) is 23.8 Å². The molecule has 0 bridgehead atoms. The number of aromatic nitrogens is 2. The molecule has 0 amide bonds. The molecule has 5 aromatic carbocycles. The topological polar surface area (TPSA) is 25.8 Å². The van der Waals surface area contributed by atoms with Crippen LogP contribution >= 0.6 is 11.3 Å². The molecule has 0 aliphatic carbocycles. The molecule has 0 aliphatic heterocycles. The van der Waals surface area contributed by atoms with Gasteiger partial charge in [-0.05, 0) is 87.3 Å². The fourth-order valence-electron chi connectivity index (χ4n) is 6.57. The van der Waals surface area contributed by atoms with Gasteiger partial charge in [-0.1, -0.05) is 60.8 Å². The van der Waals surface area contributed by atoms with Gasteiger partial charge < -0.3 is 4.98 Å². The molecule has 2 nitrogen and oxygen atoms in total. The minimum absolute atomic E-state index is 0. The number of halogens is 1. The molecular weight excluding hydrogens is 908 g/mol. The molecule has 267 valence electrons. The number of pyridine rings is 2. The van der Waals surface area contributed by atoms with E-state index < -0.39 is 19.2 Å². The van der Waals surface area contributed by atoms with Crippen LogP contribution in [0.2, 0.25) is 17.3 Å². The van der Waals surface area contributed by atoms with E-state index in [0.717, 1.165) is 38.3 Å². The third-order valence-corrected chi connectivity index (χ3v) is 15.0. The largest absolute Gasteiger partial charge is 0 e. The first kappa shape index (κ1) is 37.1. The summed E-state index contributed by atoms with van der Waals surface area (Å²) in [5, 5.41) is 2.40. The Hall–Kier alpha value is -4.26. The molecule has 6 heteroatoms. The van der Waals surface area contributed by atoms with Gasteiger partial charge in [-0.2, -0.15) is 11.3 Å². The maximum absolute atomic E-state index is 13.5. The van der Waals surface area contributed by atoms with Crippen LogP contribution in [0.25, 0.3) is 53.8 Å². The number of nitrogens with zero attached hydrogens (tertiary/aromatic N) is 2. The van der Waals surface area contributed by atoms with Crippen LogP contribution in [-0.2, 0) is 20.1 Å². The minimum Gasteiger partial charge on any atom is 0 e. The summed E-state index contributed by atoms with van der Waals surface area (Å²) in [5.74, 6) is 5.80. The molecule has 1 unspecified atom stereocenters. The van der Waals surface area contributed by atoms with Gasteiger partial charge in [0.1, 0.15) is 5.82 Å². The quantitative estimate of drug-likeness (QED) is 0.123. The first-order valence-corrected chi connectivity index (χ1v) is 25.7. The van der Waals surface area contributed by atoms with Gasteiger partial charge in [-0.3, -0.25) is 0 Å². The number of benzene rings is 5. The molecule has 8 aromatic rings. The van der Waals surface area contributed by atoms with Gasteiger partial charge >= 0.3 is 99.8 Å². The predicted molar refractivity (Wildman–Crippen MR) is 222 cm³/mol. The van der Waals surface area contributed by atoms with Crippen molar-refractivity contribution in [2.75, 3.05) is 0 Å². The first-order chi connectivity index (χ1) is 25.4. The number of fused-ring (bicyclic) bond motifs is 3. The molecule has 3 aromatic heterocycles. The third-order valence-electron chi connectivity index (χ3n) is 9.54. The molecule has 1 atom stereocenters. The van der Waals surface area contributed by atoms with E-state index in [0.29, 0.717) is 0 Å². The zero-order chi connectivity index (χ0) is 37.3. The van der Waals surface area contributed by atoms with E-state index in [1.165, 1.54) is 54.3 Å². The smallest absolute Gasteiger partial charge is 0 e. The molecule has 0 saturated heterocycles. The SMILES string of the molecule is [2H]C(C)(c1ccc(F)cc1)c1ccnc(-c2[c-]ccc3c2sc2cc(-c4c(C)cccc4C)ccc23)c1.[CH3][Ge]([CH3])([CH3])[c]1ccc(-c2[c-]cccc2)nc1.[Ir]. The van der Waals surface area contributed by atoms with E-state index in [4.69, 9.17) is 1.37 Å². The number of thiophene rings is 1. The minimum atomic E-state index is -1.72. The summed E-state index contributed by atoms with van der Waals surface area (Å²) in [6.45, 7) is 6.16. The van der Waals surface area contributed by atoms with Crippen molar-refractivity contribution >= 4 is 49.2 Å². The monoisotopic (exact) mass is 952 g/mol. The zero-order valence-electron chi connectivity index (χ0n) is 31.7. The van der Waals surface area contributed by atoms with Crippen molar-refractivity contribution in [2.24, 2.45) is 0 Å². The Bertz CT molecular complexity index is 2520. The summed E-state index contributed by atoms with van der Waals surface area (Å²) in [6.07, 6.45) is 3.79. The van der Waals surface area contributed by atoms with Crippen LogP contribution in [-0.4, -0.2) is 23.2 Å². The molecule has 0 fully saturated rings. The number of rotatable bonds is 6. The Kier molecular flexibility index (Phi) is 11.5. The van der Waals surface area contributed by atoms with E-state index >= 15 is 0 Å². The zero-order valence-corrected chi connectivity index (χ0v) is 36.0. The van der Waals surface area contributed by atoms with Crippen molar-refractivity contribution in [1.82, 2.24) is 9.97 Å². The van der Waals surface area contributed by atoms with Crippen molar-refractivity contribution < 1.29 is 25.9 Å². The second-order valence-electron chi connectivity index (χ2n) is 14.2. The average Bonchev–Trinajstić information content (AvgIpc) is 3.54. The first-order valence-electron chi connectivity index (χ1n) is 18.0. The van der Waals surface area contributed by atoms with E-state index in [9.17, 15) is 4.39 Å². The molecule has 0 aliphatic rings. The van der Waals surface area contributed by atoms with Crippen LogP contribution in [0.15, 0.2) is 134 Å². The molecule has 3 heterocycles. The van der Waals surface area contributed by atoms with Gasteiger partial charge in [0.2, 0.25) is 0 Å². The molecule has 0 spiro atoms. The fraction of sp³-hybridized carbons (Fsp3) is 0.149. The van der Waals surface area contributed by atoms with Gasteiger partial charge in [0, 0.05) is 38.3 Å². The maximum atomic E-state index is 13.5. The van der Waals surface area contributed by atoms with Crippen LogP contribution in [0.1, 0.15) is 36.4 Å². The van der Waals surface area contributed by atoms with Crippen LogP contribution in [0.5, 0.6) is 0 Å². The third kappa shape index (κ3) is 8.45. The molecule has 53 heavy (non-hydrogen) atoms. The van der Waals surface area contributed by atoms with Crippen molar-refractivity contribution in [3.8, 4) is 33.6 Å². The Morgan fingerprint density at radius 1 is 0.736 bits per heavy atom. The second kappa shape index (κ2) is 16.4. The summed E-state index contributed by atoms with van der Waals surface area (Å²) in [4.78, 5) is 9.20. The predicted octanol–water partition coefficient (Wildman–Crippen LogP) is 12.6. The van der Waals surface area contributed by atoms with Gasteiger partial charge in [0.05, 0.1) is 0 Å². The number of aryl methyl sites for hydroxylation is 2. The Morgan fingerprint density at radius 2 is 1.51 bits per heavy atom. The summed E-state index contributed by atoms with van der Waals surface area (Å²) in [5.41, 5.74) is 10.4. The normalized spacial score (nSPS) is 12.7. The van der Waals surface area contributed by atoms with E-state index in [1.54, 1.807) is 29.7 Å². The Labute approximate surface area is 334 Å². The van der Waals surface area contributed by atoms with Gasteiger partial charge in [-0.25, -0.2) is 4.39 Å². The molecule has 1 radical (unpaired) electrons. The summed E-state index contributed by atoms with van der Waals surface area (Å²) >= 11 is 0.0393. The summed E-state index contributed by atoms with van der Waals surface area (Å²) < 4.78 is 26.4. The Balaban J connectivity index is 0.000000246. The van der Waals surface area contributed by atoms with E-state index in [2.05, 4.69) is 108 Å². The molecule has 0 N–H and O–H groups in total. The fourth-order valence-corrected chi connectivity index (χ4v) is 9.99. The van der Waals surface area contributed by atoms with Gasteiger partial charge in [0.25, 0.3) is 0 Å². The number of hydrogen-bond donors (Lipinski definition) is 0. The van der Waals surface area contributed by atoms with Gasteiger partial charge in [0.15, 0.2) is 0 Å². The van der Waals surface area contributed by atoms with E-state index in [1.807, 2.05) is 55.6 Å². The molecule has 0 saturated carbocycles. The van der Waals surface area contributed by atoms with Crippen molar-refractivity contribution in [3.05, 3.63) is 174 Å². The molecular formula is C47H41FGeIrN2S-2. The van der Waals surface area contributed by atoms with Crippen LogP contribution in [0.4, 0.5) is 4.39 Å². The second-order valence-corrected chi connectivity index (χ2v) is 25.9. The van der Waals surface area contributed by atoms with Crippen molar-refractivity contribution in [3.63, 3.8) is 0 Å². The molecule has 8 rings (SSSR count). The van der Waals surface area contributed by atoms with Crippen LogP contribution < -0.4 is 4.40 Å². The summed E-state index contributed by atoms with van der Waals surface area (Å²) in [7, 11) is 0. The number of hydrogen-bond acceptors (Lipinski definition) is 3. The maximum Gasteiger partial charge on any atom is 0 e. The van der Waals surface area contributed by atoms with Crippen LogP contribution in [0.3, 0.4) is 0 Å².